The molecule has 1 N–H and O–H groups in total. The first kappa shape index (κ1) is 28.1. The number of nitrogens with zero attached hydrogens (tertiary/aromatic N) is 1. The van der Waals surface area contributed by atoms with Gasteiger partial charge < -0.3 is 24.3 Å². The molecule has 9 heteroatoms. The zero-order valence-electron chi connectivity index (χ0n) is 23.5. The minimum Gasteiger partial charge on any atom is -0.453 e. The molecule has 0 spiro atoms. The molecule has 8 nitrogen and oxygen atoms in total. The van der Waals surface area contributed by atoms with Crippen molar-refractivity contribution in [3.05, 3.63) is 42.0 Å². The third-order valence-electron chi connectivity index (χ3n) is 8.13. The summed E-state index contributed by atoms with van der Waals surface area (Å²) in [7, 11) is 0.835. The van der Waals surface area contributed by atoms with E-state index >= 15 is 0 Å². The number of methoxy groups -OCH3 is 1. The number of alkyl carbamates (subject to hydrolysis) is 1. The van der Waals surface area contributed by atoms with Gasteiger partial charge in [-0.05, 0) is 68.3 Å². The monoisotopic (exact) mass is 522 g/mol. The van der Waals surface area contributed by atoms with Crippen LogP contribution in [0.25, 0.3) is 10.8 Å². The molecular weight excluding hydrogens is 483 g/mol. The van der Waals surface area contributed by atoms with Crippen LogP contribution in [0.15, 0.2) is 36.4 Å². The molecule has 0 saturated carbocycles. The van der Waals surface area contributed by atoms with Crippen LogP contribution in [0.2, 0.25) is 0 Å². The van der Waals surface area contributed by atoms with Crippen LogP contribution >= 0.6 is 0 Å². The Balaban J connectivity index is 1.46. The summed E-state index contributed by atoms with van der Waals surface area (Å²) in [5, 5.41) is 4.69. The minimum absolute atomic E-state index is 0.00427. The van der Waals surface area contributed by atoms with Gasteiger partial charge in [0, 0.05) is 13.0 Å². The summed E-state index contributed by atoms with van der Waals surface area (Å²) in [5.74, 6) is -0.375. The van der Waals surface area contributed by atoms with Gasteiger partial charge in [-0.15, -0.1) is 0 Å². The largest absolute Gasteiger partial charge is 0.494 e. The number of fused-ring (bicyclic) bond motifs is 1. The smallest absolute Gasteiger partial charge is 0.453 e. The maximum absolute atomic E-state index is 13.3. The van der Waals surface area contributed by atoms with Crippen LogP contribution in [-0.2, 0) is 30.1 Å². The SMILES string of the molecule is COC(=O)N[C@H](C(=O)N1CCC[C@H]1C(=O)Cc1ccc2cc(B3OC(C)(C)C(C)(C)O3)ccc2c1)C(C)C. The Morgan fingerprint density at radius 3 is 2.32 bits per heavy atom. The third-order valence-corrected chi connectivity index (χ3v) is 8.13. The average molecular weight is 522 g/mol. The first-order chi connectivity index (χ1) is 17.8. The van der Waals surface area contributed by atoms with E-state index in [0.29, 0.717) is 13.0 Å². The van der Waals surface area contributed by atoms with Gasteiger partial charge in [0.1, 0.15) is 6.04 Å². The number of rotatable bonds is 7. The number of carbonyl (C=O) groups is 3. The summed E-state index contributed by atoms with van der Waals surface area (Å²) in [5.41, 5.74) is 1.05. The van der Waals surface area contributed by atoms with Crippen molar-refractivity contribution in [2.75, 3.05) is 13.7 Å². The van der Waals surface area contributed by atoms with Crippen molar-refractivity contribution in [2.24, 2.45) is 5.92 Å². The van der Waals surface area contributed by atoms with Crippen LogP contribution in [0.4, 0.5) is 4.79 Å². The fourth-order valence-corrected chi connectivity index (χ4v) is 5.11. The van der Waals surface area contributed by atoms with Crippen molar-refractivity contribution in [3.63, 3.8) is 0 Å². The lowest BCUT2D eigenvalue weighted by molar-refractivity contribution is -0.139. The maximum atomic E-state index is 13.3. The Morgan fingerprint density at radius 2 is 1.68 bits per heavy atom. The fraction of sp³-hybridized carbons (Fsp3) is 0.552. The molecule has 204 valence electrons. The van der Waals surface area contributed by atoms with E-state index in [9.17, 15) is 14.4 Å². The number of ketones is 1. The average Bonchev–Trinajstić information content (AvgIpc) is 3.43. The van der Waals surface area contributed by atoms with Crippen molar-refractivity contribution in [1.29, 1.82) is 0 Å². The number of carbonyl (C=O) groups excluding carboxylic acids is 3. The number of benzene rings is 2. The fourth-order valence-electron chi connectivity index (χ4n) is 5.11. The lowest BCUT2D eigenvalue weighted by Gasteiger charge is -2.32. The first-order valence-corrected chi connectivity index (χ1v) is 13.4. The third kappa shape index (κ3) is 5.59. The number of hydrogen-bond donors (Lipinski definition) is 1. The Morgan fingerprint density at radius 1 is 1.05 bits per heavy atom. The Hall–Kier alpha value is -2.91. The van der Waals surface area contributed by atoms with Gasteiger partial charge in [0.05, 0.1) is 24.4 Å². The van der Waals surface area contributed by atoms with Gasteiger partial charge in [-0.25, -0.2) is 4.79 Å². The number of nitrogens with one attached hydrogen (secondary N) is 1. The lowest BCUT2D eigenvalue weighted by Crippen LogP contribution is -2.53. The first-order valence-electron chi connectivity index (χ1n) is 13.4. The summed E-state index contributed by atoms with van der Waals surface area (Å²) in [4.78, 5) is 40.0. The van der Waals surface area contributed by atoms with Crippen LogP contribution < -0.4 is 10.8 Å². The van der Waals surface area contributed by atoms with E-state index in [4.69, 9.17) is 9.31 Å². The molecular formula is C29H39BN2O6. The number of ether oxygens (including phenoxy) is 1. The topological polar surface area (TPSA) is 94.2 Å². The predicted molar refractivity (Wildman–Crippen MR) is 147 cm³/mol. The van der Waals surface area contributed by atoms with Gasteiger partial charge >= 0.3 is 13.2 Å². The van der Waals surface area contributed by atoms with Crippen LogP contribution in [-0.4, -0.2) is 66.7 Å². The van der Waals surface area contributed by atoms with Crippen molar-refractivity contribution < 1.29 is 28.4 Å². The zero-order valence-corrected chi connectivity index (χ0v) is 23.5. The van der Waals surface area contributed by atoms with E-state index in [2.05, 4.69) is 16.1 Å². The number of amides is 2. The standard InChI is InChI=1S/C29H39BN2O6/c1-18(2)25(31-27(35)36-7)26(34)32-14-8-9-23(32)24(33)16-19-10-11-21-17-22(13-12-20(21)15-19)30-37-28(3,4)29(5,6)38-30/h10-13,15,17-18,23,25H,8-9,14,16H2,1-7H3,(H,31,35)/t23-,25-/m0/s1. The van der Waals surface area contributed by atoms with Crippen molar-refractivity contribution >= 4 is 41.1 Å². The van der Waals surface area contributed by atoms with Gasteiger partial charge in [-0.3, -0.25) is 9.59 Å². The minimum atomic E-state index is -0.741. The summed E-state index contributed by atoms with van der Waals surface area (Å²) in [6, 6.07) is 10.9. The highest BCUT2D eigenvalue weighted by Crippen LogP contribution is 2.36. The molecule has 2 aromatic rings. The summed E-state index contributed by atoms with van der Waals surface area (Å²) in [6.07, 6.45) is 0.959. The molecule has 4 rings (SSSR count). The van der Waals surface area contributed by atoms with E-state index in [-0.39, 0.29) is 24.0 Å². The molecule has 2 fully saturated rings. The highest BCUT2D eigenvalue weighted by Gasteiger charge is 2.51. The molecule has 2 saturated heterocycles. The van der Waals surface area contributed by atoms with Crippen LogP contribution in [0.3, 0.4) is 0 Å². The molecule has 2 aliphatic heterocycles. The van der Waals surface area contributed by atoms with Crippen LogP contribution in [0.1, 0.15) is 59.9 Å². The molecule has 0 unspecified atom stereocenters. The molecule has 38 heavy (non-hydrogen) atoms. The summed E-state index contributed by atoms with van der Waals surface area (Å²) < 4.78 is 17.1. The number of hydrogen-bond acceptors (Lipinski definition) is 6. The van der Waals surface area contributed by atoms with Gasteiger partial charge in [0.2, 0.25) is 5.91 Å². The van der Waals surface area contributed by atoms with E-state index in [0.717, 1.165) is 28.2 Å². The van der Waals surface area contributed by atoms with Crippen LogP contribution in [0, 0.1) is 5.92 Å². The second-order valence-electron chi connectivity index (χ2n) is 11.7. The van der Waals surface area contributed by atoms with Gasteiger partial charge in [-0.1, -0.05) is 50.2 Å². The summed E-state index contributed by atoms with van der Waals surface area (Å²) in [6.45, 7) is 12.4. The van der Waals surface area contributed by atoms with Crippen LogP contribution in [0.5, 0.6) is 0 Å². The zero-order chi connectivity index (χ0) is 27.8. The van der Waals surface area contributed by atoms with Gasteiger partial charge in [0.15, 0.2) is 5.78 Å². The number of Topliss-reactive ketones (excluding diaryl/α,β-unsaturated/α-hetero) is 1. The van der Waals surface area contributed by atoms with Gasteiger partial charge in [0.25, 0.3) is 0 Å². The Bertz CT molecular complexity index is 1210. The van der Waals surface area contributed by atoms with Crippen molar-refractivity contribution in [1.82, 2.24) is 10.2 Å². The van der Waals surface area contributed by atoms with E-state index < -0.39 is 36.5 Å². The second kappa shape index (κ2) is 10.7. The lowest BCUT2D eigenvalue weighted by atomic mass is 9.78. The molecule has 2 amide bonds. The molecule has 0 bridgehead atoms. The highest BCUT2D eigenvalue weighted by molar-refractivity contribution is 6.62. The van der Waals surface area contributed by atoms with Gasteiger partial charge in [-0.2, -0.15) is 0 Å². The van der Waals surface area contributed by atoms with E-state index in [1.807, 2.05) is 71.9 Å². The molecule has 0 aliphatic carbocycles. The molecule has 2 aromatic carbocycles. The Kier molecular flexibility index (Phi) is 7.91. The second-order valence-corrected chi connectivity index (χ2v) is 11.7. The van der Waals surface area contributed by atoms with Crippen molar-refractivity contribution in [3.8, 4) is 0 Å². The Labute approximate surface area is 225 Å². The van der Waals surface area contributed by atoms with E-state index in [1.165, 1.54) is 7.11 Å². The molecule has 2 aliphatic rings. The maximum Gasteiger partial charge on any atom is 0.494 e. The van der Waals surface area contributed by atoms with E-state index in [1.54, 1.807) is 4.90 Å². The predicted octanol–water partition coefficient (Wildman–Crippen LogP) is 3.62. The molecule has 0 radical (unpaired) electrons. The quantitative estimate of drug-likeness (QED) is 0.559. The molecule has 2 atom stereocenters. The molecule has 0 aromatic heterocycles. The molecule has 2 heterocycles. The number of likely N-dealkylation sites (tertiary alicyclic amines) is 1. The normalized spacial score (nSPS) is 21.1. The highest BCUT2D eigenvalue weighted by atomic mass is 16.7. The van der Waals surface area contributed by atoms with Crippen molar-refractivity contribution in [2.45, 2.75) is 84.1 Å². The summed E-state index contributed by atoms with van der Waals surface area (Å²) >= 11 is 0.